The molecule has 4 heterocycles. The summed E-state index contributed by atoms with van der Waals surface area (Å²) in [5.74, 6) is 2.44. The highest BCUT2D eigenvalue weighted by Gasteiger charge is 2.26. The van der Waals surface area contributed by atoms with E-state index >= 15 is 0 Å². The molecular formula is C24H28N6O2. The average molecular weight is 433 g/mol. The Hall–Kier alpha value is -3.26. The Morgan fingerprint density at radius 1 is 0.906 bits per heavy atom. The lowest BCUT2D eigenvalue weighted by Gasteiger charge is -2.36. The molecular weight excluding hydrogens is 404 g/mol. The lowest BCUT2D eigenvalue weighted by atomic mass is 10.1. The number of aromatic nitrogens is 3. The number of aldehydes is 1. The van der Waals surface area contributed by atoms with Gasteiger partial charge in [-0.25, -0.2) is 15.0 Å². The first-order chi connectivity index (χ1) is 15.8. The Kier molecular flexibility index (Phi) is 6.11. The molecule has 0 saturated carbocycles. The minimum atomic E-state index is 0.110. The second-order valence-corrected chi connectivity index (χ2v) is 8.31. The molecule has 2 aliphatic rings. The van der Waals surface area contributed by atoms with Gasteiger partial charge < -0.3 is 19.3 Å². The van der Waals surface area contributed by atoms with Gasteiger partial charge in [0, 0.05) is 69.9 Å². The van der Waals surface area contributed by atoms with Crippen molar-refractivity contribution in [3.63, 3.8) is 0 Å². The zero-order valence-electron chi connectivity index (χ0n) is 18.1. The van der Waals surface area contributed by atoms with Crippen molar-refractivity contribution >= 4 is 28.8 Å². The third-order valence-electron chi connectivity index (χ3n) is 6.28. The van der Waals surface area contributed by atoms with Crippen LogP contribution in [0.5, 0.6) is 5.88 Å². The molecule has 3 aromatic rings. The van der Waals surface area contributed by atoms with Crippen molar-refractivity contribution in [2.45, 2.75) is 18.9 Å². The summed E-state index contributed by atoms with van der Waals surface area (Å²) in [5, 5.41) is 1.16. The van der Waals surface area contributed by atoms with Crippen molar-refractivity contribution in [2.24, 2.45) is 0 Å². The molecule has 0 N–H and O–H groups in total. The Morgan fingerprint density at radius 3 is 2.50 bits per heavy atom. The quantitative estimate of drug-likeness (QED) is 0.550. The van der Waals surface area contributed by atoms with Crippen LogP contribution in [-0.2, 0) is 4.79 Å². The number of carbonyl (C=O) groups is 1. The van der Waals surface area contributed by atoms with Crippen LogP contribution in [0.4, 0.5) is 11.6 Å². The van der Waals surface area contributed by atoms with Crippen LogP contribution >= 0.6 is 0 Å². The van der Waals surface area contributed by atoms with Crippen LogP contribution < -0.4 is 14.5 Å². The number of fused-ring (bicyclic) bond motifs is 1. The molecule has 0 radical (unpaired) electrons. The molecule has 2 aromatic heterocycles. The summed E-state index contributed by atoms with van der Waals surface area (Å²) in [6, 6.07) is 12.5. The monoisotopic (exact) mass is 432 g/mol. The zero-order valence-corrected chi connectivity index (χ0v) is 18.1. The molecule has 0 amide bonds. The topological polar surface area (TPSA) is 74.7 Å². The standard InChI is InChI=1S/C24H28N6O2/c31-18-17-28-13-15-30(16-14-28)23-24(26-10-9-25-23)32-20-7-11-29(12-8-20)22-6-5-19-3-1-2-4-21(19)27-22/h1-6,9-10,18,20H,7-8,11-17H2. The number of hydrogen-bond donors (Lipinski definition) is 0. The summed E-state index contributed by atoms with van der Waals surface area (Å²) >= 11 is 0. The van der Waals surface area contributed by atoms with Crippen molar-refractivity contribution in [1.29, 1.82) is 0 Å². The zero-order chi connectivity index (χ0) is 21.8. The number of pyridine rings is 1. The van der Waals surface area contributed by atoms with Crippen LogP contribution in [-0.4, -0.2) is 78.1 Å². The SMILES string of the molecule is O=CCN1CCN(c2nccnc2OC2CCN(c3ccc4ccccc4n3)CC2)CC1. The number of hydrogen-bond acceptors (Lipinski definition) is 8. The molecule has 32 heavy (non-hydrogen) atoms. The van der Waals surface area contributed by atoms with E-state index in [-0.39, 0.29) is 6.10 Å². The third-order valence-corrected chi connectivity index (χ3v) is 6.28. The Balaban J connectivity index is 1.20. The van der Waals surface area contributed by atoms with Crippen LogP contribution in [0, 0.1) is 0 Å². The number of carbonyl (C=O) groups excluding carboxylic acids is 1. The van der Waals surface area contributed by atoms with Gasteiger partial charge in [-0.2, -0.15) is 0 Å². The summed E-state index contributed by atoms with van der Waals surface area (Å²) in [4.78, 5) is 31.3. The second-order valence-electron chi connectivity index (χ2n) is 8.31. The first kappa shape index (κ1) is 20.6. The van der Waals surface area contributed by atoms with Crippen LogP contribution in [0.25, 0.3) is 10.9 Å². The van der Waals surface area contributed by atoms with Gasteiger partial charge in [0.05, 0.1) is 12.1 Å². The number of rotatable bonds is 6. The van der Waals surface area contributed by atoms with E-state index in [1.807, 2.05) is 12.1 Å². The van der Waals surface area contributed by atoms with Gasteiger partial charge in [0.2, 0.25) is 0 Å². The lowest BCUT2D eigenvalue weighted by molar-refractivity contribution is -0.108. The highest BCUT2D eigenvalue weighted by molar-refractivity contribution is 5.80. The minimum Gasteiger partial charge on any atom is -0.472 e. The summed E-state index contributed by atoms with van der Waals surface area (Å²) in [6.07, 6.45) is 6.31. The van der Waals surface area contributed by atoms with Crippen LogP contribution in [0.3, 0.4) is 0 Å². The van der Waals surface area contributed by atoms with Crippen LogP contribution in [0.2, 0.25) is 0 Å². The van der Waals surface area contributed by atoms with Gasteiger partial charge >= 0.3 is 0 Å². The number of piperazine rings is 1. The molecule has 5 rings (SSSR count). The molecule has 2 aliphatic heterocycles. The number of ether oxygens (including phenoxy) is 1. The molecule has 0 spiro atoms. The Bertz CT molecular complexity index is 1060. The smallest absolute Gasteiger partial charge is 0.257 e. The third kappa shape index (κ3) is 4.50. The fraction of sp³-hybridized carbons (Fsp3) is 0.417. The van der Waals surface area contributed by atoms with Gasteiger partial charge in [0.15, 0.2) is 5.82 Å². The van der Waals surface area contributed by atoms with Crippen molar-refractivity contribution in [1.82, 2.24) is 19.9 Å². The highest BCUT2D eigenvalue weighted by atomic mass is 16.5. The first-order valence-corrected chi connectivity index (χ1v) is 11.3. The van der Waals surface area contributed by atoms with E-state index in [0.29, 0.717) is 12.4 Å². The molecule has 1 aromatic carbocycles. The number of benzene rings is 1. The van der Waals surface area contributed by atoms with Crippen molar-refractivity contribution < 1.29 is 9.53 Å². The van der Waals surface area contributed by atoms with E-state index in [9.17, 15) is 4.79 Å². The minimum absolute atomic E-state index is 0.110. The summed E-state index contributed by atoms with van der Waals surface area (Å²) in [7, 11) is 0. The van der Waals surface area contributed by atoms with Gasteiger partial charge in [-0.1, -0.05) is 18.2 Å². The maximum atomic E-state index is 10.8. The predicted octanol–water partition coefficient (Wildman–Crippen LogP) is 2.39. The van der Waals surface area contributed by atoms with Gasteiger partial charge in [-0.15, -0.1) is 0 Å². The van der Waals surface area contributed by atoms with Crippen molar-refractivity contribution in [2.75, 3.05) is 55.6 Å². The molecule has 8 nitrogen and oxygen atoms in total. The largest absolute Gasteiger partial charge is 0.472 e. The summed E-state index contributed by atoms with van der Waals surface area (Å²) in [5.41, 5.74) is 1.03. The van der Waals surface area contributed by atoms with Gasteiger partial charge in [-0.3, -0.25) is 4.90 Å². The number of para-hydroxylation sites is 1. The predicted molar refractivity (Wildman–Crippen MR) is 124 cm³/mol. The summed E-state index contributed by atoms with van der Waals surface area (Å²) in [6.45, 7) is 5.59. The molecule has 8 heteroatoms. The van der Waals surface area contributed by atoms with Crippen molar-refractivity contribution in [3.05, 3.63) is 48.8 Å². The molecule has 0 bridgehead atoms. The van der Waals surface area contributed by atoms with E-state index < -0.39 is 0 Å². The van der Waals surface area contributed by atoms with Gasteiger partial charge in [0.1, 0.15) is 18.2 Å². The van der Waals surface area contributed by atoms with Gasteiger partial charge in [-0.05, 0) is 18.2 Å². The number of anilines is 2. The molecule has 2 saturated heterocycles. The van der Waals surface area contributed by atoms with E-state index in [1.54, 1.807) is 12.4 Å². The van der Waals surface area contributed by atoms with E-state index in [2.05, 4.69) is 48.9 Å². The Labute approximate surface area is 187 Å². The molecule has 0 aliphatic carbocycles. The van der Waals surface area contributed by atoms with E-state index in [4.69, 9.17) is 9.72 Å². The van der Waals surface area contributed by atoms with Crippen LogP contribution in [0.1, 0.15) is 12.8 Å². The highest BCUT2D eigenvalue weighted by Crippen LogP contribution is 2.28. The summed E-state index contributed by atoms with van der Waals surface area (Å²) < 4.78 is 6.34. The maximum absolute atomic E-state index is 10.8. The molecule has 166 valence electrons. The Morgan fingerprint density at radius 2 is 1.69 bits per heavy atom. The molecule has 0 atom stereocenters. The number of piperidine rings is 1. The normalized spacial score (nSPS) is 18.1. The fourth-order valence-electron chi connectivity index (χ4n) is 4.46. The second kappa shape index (κ2) is 9.48. The lowest BCUT2D eigenvalue weighted by Crippen LogP contribution is -2.47. The maximum Gasteiger partial charge on any atom is 0.257 e. The van der Waals surface area contributed by atoms with Gasteiger partial charge in [0.25, 0.3) is 5.88 Å². The van der Waals surface area contributed by atoms with Crippen molar-refractivity contribution in [3.8, 4) is 5.88 Å². The van der Waals surface area contributed by atoms with E-state index in [0.717, 1.165) is 80.9 Å². The average Bonchev–Trinajstić information content (AvgIpc) is 2.85. The molecule has 2 fully saturated rings. The molecule has 0 unspecified atom stereocenters. The van der Waals surface area contributed by atoms with E-state index in [1.165, 1.54) is 0 Å². The first-order valence-electron chi connectivity index (χ1n) is 11.3. The fourth-order valence-corrected chi connectivity index (χ4v) is 4.46. The van der Waals surface area contributed by atoms with Crippen LogP contribution in [0.15, 0.2) is 48.8 Å². The number of nitrogens with zero attached hydrogens (tertiary/aromatic N) is 6.